The van der Waals surface area contributed by atoms with Crippen molar-refractivity contribution in [2.24, 2.45) is 0 Å². The van der Waals surface area contributed by atoms with Gasteiger partial charge in [0, 0.05) is 19.6 Å². The highest BCUT2D eigenvalue weighted by atomic mass is 32.2. The number of sulfonamides is 1. The molecular weight excluding hydrogens is 348 g/mol. The Morgan fingerprint density at radius 2 is 2.04 bits per heavy atom. The van der Waals surface area contributed by atoms with Crippen LogP contribution in [0.5, 0.6) is 0 Å². The maximum absolute atomic E-state index is 12.1. The summed E-state index contributed by atoms with van der Waals surface area (Å²) in [6, 6.07) is 5.42. The molecule has 1 aromatic carbocycles. The quantitative estimate of drug-likeness (QED) is 0.544. The van der Waals surface area contributed by atoms with Crippen molar-refractivity contribution in [3.05, 3.63) is 42.5 Å². The van der Waals surface area contributed by atoms with Crippen molar-refractivity contribution < 1.29 is 27.5 Å². The van der Waals surface area contributed by atoms with Crippen molar-refractivity contribution in [1.29, 1.82) is 0 Å². The van der Waals surface area contributed by atoms with E-state index >= 15 is 0 Å². The number of carbonyl (C=O) groups is 2. The highest BCUT2D eigenvalue weighted by Gasteiger charge is 2.20. The van der Waals surface area contributed by atoms with Gasteiger partial charge in [0.05, 0.1) is 23.7 Å². The first kappa shape index (κ1) is 19.1. The minimum atomic E-state index is -3.74. The second-order valence-electron chi connectivity index (χ2n) is 5.24. The highest BCUT2D eigenvalue weighted by molar-refractivity contribution is 7.89. The Hall–Kier alpha value is -2.23. The predicted molar refractivity (Wildman–Crippen MR) is 89.5 cm³/mol. The number of rotatable bonds is 7. The van der Waals surface area contributed by atoms with E-state index in [1.165, 1.54) is 30.3 Å². The van der Waals surface area contributed by atoms with Crippen LogP contribution >= 0.6 is 0 Å². The second-order valence-corrected chi connectivity index (χ2v) is 7.00. The Morgan fingerprint density at radius 1 is 1.32 bits per heavy atom. The van der Waals surface area contributed by atoms with Gasteiger partial charge in [-0.05, 0) is 18.2 Å². The Bertz CT molecular complexity index is 741. The van der Waals surface area contributed by atoms with Gasteiger partial charge in [-0.15, -0.1) is 6.58 Å². The molecule has 2 rings (SSSR count). The zero-order valence-electron chi connectivity index (χ0n) is 13.6. The number of morpholine rings is 1. The molecule has 1 aromatic rings. The Labute approximate surface area is 146 Å². The van der Waals surface area contributed by atoms with Crippen LogP contribution in [0.3, 0.4) is 0 Å². The van der Waals surface area contributed by atoms with Gasteiger partial charge in [0.2, 0.25) is 10.0 Å². The average Bonchev–Trinajstić information content (AvgIpc) is 2.65. The van der Waals surface area contributed by atoms with Gasteiger partial charge in [-0.25, -0.2) is 17.9 Å². The van der Waals surface area contributed by atoms with Gasteiger partial charge in [-0.3, -0.25) is 4.79 Å². The molecule has 1 N–H and O–H groups in total. The molecule has 1 aliphatic rings. The molecule has 0 radical (unpaired) electrons. The van der Waals surface area contributed by atoms with E-state index < -0.39 is 22.6 Å². The van der Waals surface area contributed by atoms with Gasteiger partial charge in [0.1, 0.15) is 0 Å². The van der Waals surface area contributed by atoms with E-state index in [2.05, 4.69) is 11.3 Å². The number of hydrogen-bond acceptors (Lipinski definition) is 6. The van der Waals surface area contributed by atoms with Crippen LogP contribution < -0.4 is 4.72 Å². The van der Waals surface area contributed by atoms with Gasteiger partial charge < -0.3 is 14.4 Å². The van der Waals surface area contributed by atoms with E-state index in [0.29, 0.717) is 26.3 Å². The third-order valence-electron chi connectivity index (χ3n) is 3.49. The summed E-state index contributed by atoms with van der Waals surface area (Å²) in [7, 11) is -3.74. The molecular formula is C16H20N2O6S. The molecule has 0 atom stereocenters. The fraction of sp³-hybridized carbons (Fsp3) is 0.375. The largest absolute Gasteiger partial charge is 0.452 e. The topological polar surface area (TPSA) is 102 Å². The number of nitrogens with zero attached hydrogens (tertiary/aromatic N) is 1. The van der Waals surface area contributed by atoms with Crippen molar-refractivity contribution in [3.8, 4) is 0 Å². The summed E-state index contributed by atoms with van der Waals surface area (Å²) in [4.78, 5) is 25.5. The summed E-state index contributed by atoms with van der Waals surface area (Å²) in [5, 5.41) is 0. The maximum atomic E-state index is 12.1. The number of carbonyl (C=O) groups excluding carboxylic acids is 2. The third kappa shape index (κ3) is 5.38. The van der Waals surface area contributed by atoms with E-state index in [0.717, 1.165) is 0 Å². The van der Waals surface area contributed by atoms with E-state index in [1.54, 1.807) is 4.90 Å². The summed E-state index contributed by atoms with van der Waals surface area (Å²) in [5.74, 6) is -1.07. The molecule has 1 fully saturated rings. The SMILES string of the molecule is C=CCNS(=O)(=O)c1cccc(C(=O)OCC(=O)N2CCOCC2)c1. The lowest BCUT2D eigenvalue weighted by atomic mass is 10.2. The first-order valence-electron chi connectivity index (χ1n) is 7.67. The zero-order valence-corrected chi connectivity index (χ0v) is 14.5. The molecule has 136 valence electrons. The van der Waals surface area contributed by atoms with E-state index in [1.807, 2.05) is 0 Å². The number of esters is 1. The van der Waals surface area contributed by atoms with Gasteiger partial charge >= 0.3 is 5.97 Å². The van der Waals surface area contributed by atoms with Gasteiger partial charge in [0.15, 0.2) is 6.61 Å². The number of nitrogens with one attached hydrogen (secondary N) is 1. The number of hydrogen-bond donors (Lipinski definition) is 1. The van der Waals surface area contributed by atoms with E-state index in [4.69, 9.17) is 9.47 Å². The van der Waals surface area contributed by atoms with Crippen LogP contribution in [0.15, 0.2) is 41.8 Å². The Morgan fingerprint density at radius 3 is 2.72 bits per heavy atom. The van der Waals surface area contributed by atoms with Crippen LogP contribution in [0, 0.1) is 0 Å². The lowest BCUT2D eigenvalue weighted by Crippen LogP contribution is -2.42. The van der Waals surface area contributed by atoms with Crippen LogP contribution in [-0.4, -0.2) is 64.6 Å². The lowest BCUT2D eigenvalue weighted by Gasteiger charge is -2.26. The third-order valence-corrected chi connectivity index (χ3v) is 4.91. The number of ether oxygens (including phenoxy) is 2. The second kappa shape index (κ2) is 8.75. The molecule has 1 aliphatic heterocycles. The highest BCUT2D eigenvalue weighted by Crippen LogP contribution is 2.12. The van der Waals surface area contributed by atoms with Gasteiger partial charge in [-0.2, -0.15) is 0 Å². The monoisotopic (exact) mass is 368 g/mol. The lowest BCUT2D eigenvalue weighted by molar-refractivity contribution is -0.138. The summed E-state index contributed by atoms with van der Waals surface area (Å²) in [6.07, 6.45) is 1.41. The predicted octanol–water partition coefficient (Wildman–Crippen LogP) is 0.167. The minimum Gasteiger partial charge on any atom is -0.452 e. The molecule has 0 unspecified atom stereocenters. The van der Waals surface area contributed by atoms with Crippen LogP contribution in [0.4, 0.5) is 0 Å². The molecule has 0 spiro atoms. The normalized spacial score (nSPS) is 14.8. The number of amides is 1. The molecule has 9 heteroatoms. The molecule has 8 nitrogen and oxygen atoms in total. The molecule has 0 saturated carbocycles. The Kier molecular flexibility index (Phi) is 6.68. The molecule has 1 amide bonds. The van der Waals surface area contributed by atoms with Crippen LogP contribution in [0.25, 0.3) is 0 Å². The summed E-state index contributed by atoms with van der Waals surface area (Å²) in [5.41, 5.74) is 0.0521. The molecule has 1 saturated heterocycles. The van der Waals surface area contributed by atoms with Crippen molar-refractivity contribution in [3.63, 3.8) is 0 Å². The van der Waals surface area contributed by atoms with Crippen LogP contribution in [0.2, 0.25) is 0 Å². The smallest absolute Gasteiger partial charge is 0.338 e. The van der Waals surface area contributed by atoms with E-state index in [-0.39, 0.29) is 22.9 Å². The fourth-order valence-electron chi connectivity index (χ4n) is 2.16. The summed E-state index contributed by atoms with van der Waals surface area (Å²) in [6.45, 7) is 4.94. The van der Waals surface area contributed by atoms with E-state index in [9.17, 15) is 18.0 Å². The van der Waals surface area contributed by atoms with Gasteiger partial charge in [-0.1, -0.05) is 12.1 Å². The van der Waals surface area contributed by atoms with Crippen LogP contribution in [-0.2, 0) is 24.3 Å². The minimum absolute atomic E-state index is 0.0521. The summed E-state index contributed by atoms with van der Waals surface area (Å²) < 4.78 is 36.6. The molecule has 25 heavy (non-hydrogen) atoms. The fourth-order valence-corrected chi connectivity index (χ4v) is 3.20. The van der Waals surface area contributed by atoms with Crippen LogP contribution in [0.1, 0.15) is 10.4 Å². The standard InChI is InChI=1S/C16H20N2O6S/c1-2-6-17-25(21,22)14-5-3-4-13(11-14)16(20)24-12-15(19)18-7-9-23-10-8-18/h2-5,11,17H,1,6-10,12H2. The van der Waals surface area contributed by atoms with Crippen molar-refractivity contribution >= 4 is 21.9 Å². The zero-order chi connectivity index (χ0) is 18.3. The molecule has 0 aromatic heterocycles. The van der Waals surface area contributed by atoms with Crippen molar-refractivity contribution in [1.82, 2.24) is 9.62 Å². The molecule has 0 aliphatic carbocycles. The van der Waals surface area contributed by atoms with Crippen molar-refractivity contribution in [2.45, 2.75) is 4.90 Å². The maximum Gasteiger partial charge on any atom is 0.338 e. The summed E-state index contributed by atoms with van der Waals surface area (Å²) >= 11 is 0. The number of benzene rings is 1. The average molecular weight is 368 g/mol. The van der Waals surface area contributed by atoms with Gasteiger partial charge in [0.25, 0.3) is 5.91 Å². The molecule has 0 bridgehead atoms. The Balaban J connectivity index is 1.98. The van der Waals surface area contributed by atoms with Crippen molar-refractivity contribution in [2.75, 3.05) is 39.5 Å². The first-order valence-corrected chi connectivity index (χ1v) is 9.15. The molecule has 1 heterocycles. The first-order chi connectivity index (χ1) is 11.9.